The van der Waals surface area contributed by atoms with E-state index in [-0.39, 0.29) is 23.9 Å². The minimum absolute atomic E-state index is 0.0481. The summed E-state index contributed by atoms with van der Waals surface area (Å²) in [5.41, 5.74) is 0.500. The molecule has 25 heavy (non-hydrogen) atoms. The lowest BCUT2D eigenvalue weighted by molar-refractivity contribution is -0.154. The van der Waals surface area contributed by atoms with Gasteiger partial charge in [-0.1, -0.05) is 0 Å². The molecule has 2 saturated heterocycles. The summed E-state index contributed by atoms with van der Waals surface area (Å²) < 4.78 is 1.53. The molecule has 7 heteroatoms. The van der Waals surface area contributed by atoms with E-state index < -0.39 is 5.54 Å². The number of carbonyl (C=O) groups is 2. The van der Waals surface area contributed by atoms with E-state index in [9.17, 15) is 14.4 Å². The van der Waals surface area contributed by atoms with Crippen LogP contribution >= 0.6 is 0 Å². The van der Waals surface area contributed by atoms with Crippen molar-refractivity contribution >= 4 is 11.8 Å². The van der Waals surface area contributed by atoms with Gasteiger partial charge in [0, 0.05) is 44.5 Å². The number of hydrogen-bond donors (Lipinski definition) is 0. The second-order valence-corrected chi connectivity index (χ2v) is 7.23. The molecule has 7 nitrogen and oxygen atoms in total. The fourth-order valence-corrected chi connectivity index (χ4v) is 4.29. The van der Waals surface area contributed by atoms with Crippen molar-refractivity contribution in [1.29, 1.82) is 0 Å². The Morgan fingerprint density at radius 2 is 1.88 bits per heavy atom. The van der Waals surface area contributed by atoms with E-state index in [0.29, 0.717) is 18.8 Å². The van der Waals surface area contributed by atoms with Gasteiger partial charge in [-0.2, -0.15) is 4.98 Å². The van der Waals surface area contributed by atoms with E-state index in [1.807, 2.05) is 20.0 Å². The highest BCUT2D eigenvalue weighted by molar-refractivity contribution is 5.92. The Hall–Kier alpha value is -2.18. The van der Waals surface area contributed by atoms with E-state index in [4.69, 9.17) is 0 Å². The fraction of sp³-hybridized carbons (Fsp3) is 0.667. The maximum absolute atomic E-state index is 12.9. The summed E-state index contributed by atoms with van der Waals surface area (Å²) in [5, 5.41) is 0. The second kappa shape index (κ2) is 6.61. The van der Waals surface area contributed by atoms with Crippen molar-refractivity contribution in [1.82, 2.24) is 19.4 Å². The van der Waals surface area contributed by atoms with Crippen LogP contribution in [-0.2, 0) is 16.1 Å². The van der Waals surface area contributed by atoms with Gasteiger partial charge < -0.3 is 9.80 Å². The molecular formula is C18H26N4O3. The normalized spacial score (nSPS) is 23.6. The third kappa shape index (κ3) is 3.07. The molecule has 3 rings (SSSR count). The van der Waals surface area contributed by atoms with Crippen LogP contribution in [0.2, 0.25) is 0 Å². The molecule has 1 unspecified atom stereocenters. The van der Waals surface area contributed by atoms with Crippen molar-refractivity contribution in [3.8, 4) is 0 Å². The van der Waals surface area contributed by atoms with E-state index in [1.54, 1.807) is 16.7 Å². The van der Waals surface area contributed by atoms with Gasteiger partial charge in [-0.3, -0.25) is 14.2 Å². The number of aryl methyl sites for hydroxylation is 2. The summed E-state index contributed by atoms with van der Waals surface area (Å²) in [6.45, 7) is 5.30. The fourth-order valence-electron chi connectivity index (χ4n) is 4.29. The Morgan fingerprint density at radius 1 is 1.20 bits per heavy atom. The van der Waals surface area contributed by atoms with Gasteiger partial charge in [0.1, 0.15) is 5.54 Å². The van der Waals surface area contributed by atoms with Gasteiger partial charge in [0.05, 0.1) is 0 Å². The first-order chi connectivity index (χ1) is 11.8. The quantitative estimate of drug-likeness (QED) is 0.814. The number of likely N-dealkylation sites (tertiary alicyclic amines) is 2. The molecular weight excluding hydrogens is 320 g/mol. The molecule has 2 aliphatic heterocycles. The molecule has 1 spiro atoms. The predicted molar refractivity (Wildman–Crippen MR) is 93.1 cm³/mol. The Morgan fingerprint density at radius 3 is 2.56 bits per heavy atom. The zero-order valence-electron chi connectivity index (χ0n) is 15.2. The molecule has 0 radical (unpaired) electrons. The highest BCUT2D eigenvalue weighted by Crippen LogP contribution is 2.38. The Labute approximate surface area is 147 Å². The average molecular weight is 346 g/mol. The van der Waals surface area contributed by atoms with E-state index in [0.717, 1.165) is 37.9 Å². The summed E-state index contributed by atoms with van der Waals surface area (Å²) in [6, 6.07) is 1.84. The van der Waals surface area contributed by atoms with E-state index in [2.05, 4.69) is 4.98 Å². The minimum atomic E-state index is -0.657. The zero-order chi connectivity index (χ0) is 18.2. The van der Waals surface area contributed by atoms with Gasteiger partial charge in [0.15, 0.2) is 0 Å². The van der Waals surface area contributed by atoms with Gasteiger partial charge in [-0.25, -0.2) is 4.79 Å². The molecule has 0 saturated carbocycles. The summed E-state index contributed by atoms with van der Waals surface area (Å²) in [6.07, 6.45) is 3.48. The van der Waals surface area contributed by atoms with Crippen LogP contribution in [0.1, 0.15) is 43.5 Å². The van der Waals surface area contributed by atoms with Crippen LogP contribution in [0, 0.1) is 13.8 Å². The molecule has 3 heterocycles. The largest absolute Gasteiger partial charge is 0.347 e. The van der Waals surface area contributed by atoms with Crippen molar-refractivity contribution < 1.29 is 9.59 Å². The van der Waals surface area contributed by atoms with Crippen LogP contribution in [0.25, 0.3) is 0 Å². The molecule has 136 valence electrons. The topological polar surface area (TPSA) is 75.5 Å². The zero-order valence-corrected chi connectivity index (χ0v) is 15.2. The highest BCUT2D eigenvalue weighted by atomic mass is 16.2. The monoisotopic (exact) mass is 346 g/mol. The number of likely N-dealkylation sites (N-methyl/N-ethyl adjacent to an activating group) is 1. The SMILES string of the molecule is Cc1cc(C)n(CCC(=O)N2CCCC23CCCN(C)C3=O)c(=O)n1. The molecule has 0 N–H and O–H groups in total. The molecule has 2 amide bonds. The van der Waals surface area contributed by atoms with E-state index >= 15 is 0 Å². The molecule has 1 aromatic heterocycles. The smallest absolute Gasteiger partial charge is 0.344 e. The lowest BCUT2D eigenvalue weighted by atomic mass is 9.85. The number of amides is 2. The Kier molecular flexibility index (Phi) is 4.67. The number of aromatic nitrogens is 2. The first kappa shape index (κ1) is 17.6. The van der Waals surface area contributed by atoms with Crippen LogP contribution in [0.3, 0.4) is 0 Å². The number of piperidine rings is 1. The molecule has 2 fully saturated rings. The maximum atomic E-state index is 12.9. The average Bonchev–Trinajstić information content (AvgIpc) is 2.96. The third-order valence-electron chi connectivity index (χ3n) is 5.51. The Balaban J connectivity index is 1.75. The van der Waals surface area contributed by atoms with Crippen LogP contribution in [0.4, 0.5) is 0 Å². The van der Waals surface area contributed by atoms with Crippen LogP contribution in [-0.4, -0.2) is 56.8 Å². The van der Waals surface area contributed by atoms with Crippen LogP contribution < -0.4 is 5.69 Å². The highest BCUT2D eigenvalue weighted by Gasteiger charge is 2.51. The number of nitrogens with zero attached hydrogens (tertiary/aromatic N) is 4. The summed E-state index contributed by atoms with van der Waals surface area (Å²) >= 11 is 0. The predicted octanol–water partition coefficient (Wildman–Crippen LogP) is 0.864. The lowest BCUT2D eigenvalue weighted by Gasteiger charge is -2.43. The lowest BCUT2D eigenvalue weighted by Crippen LogP contribution is -2.60. The molecule has 0 aliphatic carbocycles. The van der Waals surface area contributed by atoms with Gasteiger partial charge in [-0.15, -0.1) is 0 Å². The maximum Gasteiger partial charge on any atom is 0.347 e. The minimum Gasteiger partial charge on any atom is -0.344 e. The van der Waals surface area contributed by atoms with Crippen molar-refractivity contribution in [3.05, 3.63) is 27.9 Å². The number of carbonyl (C=O) groups excluding carboxylic acids is 2. The van der Waals surface area contributed by atoms with Gasteiger partial charge in [0.2, 0.25) is 11.8 Å². The van der Waals surface area contributed by atoms with E-state index in [1.165, 1.54) is 4.57 Å². The number of rotatable bonds is 3. The standard InChI is InChI=1S/C18H26N4O3/c1-13-12-14(2)21(17(25)19-13)11-6-15(23)22-10-5-8-18(22)7-4-9-20(3)16(18)24/h12H,4-11H2,1-3H3. The summed E-state index contributed by atoms with van der Waals surface area (Å²) in [4.78, 5) is 45.1. The Bertz CT molecular complexity index is 757. The van der Waals surface area contributed by atoms with Crippen molar-refractivity contribution in [3.63, 3.8) is 0 Å². The van der Waals surface area contributed by atoms with Gasteiger partial charge in [0.25, 0.3) is 0 Å². The molecule has 1 aromatic rings. The summed E-state index contributed by atoms with van der Waals surface area (Å²) in [5.74, 6) is 0.0166. The first-order valence-corrected chi connectivity index (χ1v) is 8.96. The van der Waals surface area contributed by atoms with Gasteiger partial charge in [-0.05, 0) is 45.6 Å². The van der Waals surface area contributed by atoms with Crippen LogP contribution in [0.15, 0.2) is 10.9 Å². The van der Waals surface area contributed by atoms with Crippen molar-refractivity contribution in [2.75, 3.05) is 20.1 Å². The molecule has 2 aliphatic rings. The molecule has 1 atom stereocenters. The first-order valence-electron chi connectivity index (χ1n) is 8.96. The van der Waals surface area contributed by atoms with Crippen LogP contribution in [0.5, 0.6) is 0 Å². The number of hydrogen-bond acceptors (Lipinski definition) is 4. The molecule has 0 bridgehead atoms. The third-order valence-corrected chi connectivity index (χ3v) is 5.51. The summed E-state index contributed by atoms with van der Waals surface area (Å²) in [7, 11) is 1.81. The molecule has 0 aromatic carbocycles. The van der Waals surface area contributed by atoms with Crippen molar-refractivity contribution in [2.24, 2.45) is 0 Å². The van der Waals surface area contributed by atoms with Gasteiger partial charge >= 0.3 is 5.69 Å². The second-order valence-electron chi connectivity index (χ2n) is 7.23. The van der Waals surface area contributed by atoms with Crippen molar-refractivity contribution in [2.45, 2.75) is 58.0 Å².